The van der Waals surface area contributed by atoms with Gasteiger partial charge >= 0.3 is 0 Å². The first-order valence-electron chi connectivity index (χ1n) is 5.56. The first kappa shape index (κ1) is 14.1. The highest BCUT2D eigenvalue weighted by atomic mass is 35.5. The number of carbonyl (C=O) groups is 1. The van der Waals surface area contributed by atoms with Crippen LogP contribution in [0.15, 0.2) is 0 Å². The van der Waals surface area contributed by atoms with E-state index < -0.39 is 0 Å². The molecule has 2 aliphatic rings. The second kappa shape index (κ2) is 6.69. The average Bonchev–Trinajstić information content (AvgIpc) is 2.84. The van der Waals surface area contributed by atoms with Gasteiger partial charge in [-0.25, -0.2) is 0 Å². The number of hydrogen-bond donors (Lipinski definition) is 3. The van der Waals surface area contributed by atoms with Gasteiger partial charge in [-0.3, -0.25) is 4.79 Å². The van der Waals surface area contributed by atoms with Crippen LogP contribution in [0.2, 0.25) is 0 Å². The minimum absolute atomic E-state index is 0. The lowest BCUT2D eigenvalue weighted by Crippen LogP contribution is -2.42. The number of aliphatic hydroxyl groups excluding tert-OH is 1. The van der Waals surface area contributed by atoms with Crippen LogP contribution in [0.1, 0.15) is 19.3 Å². The molecular weight excluding hydrogens is 248 g/mol. The third-order valence-electron chi connectivity index (χ3n) is 2.95. The van der Waals surface area contributed by atoms with Crippen LogP contribution in [0, 0.1) is 0 Å². The minimum atomic E-state index is -0.360. The predicted molar refractivity (Wildman–Crippen MR) is 68.2 cm³/mol. The van der Waals surface area contributed by atoms with Crippen molar-refractivity contribution in [3.8, 4) is 0 Å². The van der Waals surface area contributed by atoms with E-state index in [1.807, 2.05) is 11.8 Å². The summed E-state index contributed by atoms with van der Waals surface area (Å²) < 4.78 is 0. The SMILES string of the molecule is Cl.O=C(NCC1CCCS1)[C@H]1C[C@@H](O)CN1. The molecule has 1 unspecified atom stereocenters. The first-order valence-corrected chi connectivity index (χ1v) is 6.61. The Bertz CT molecular complexity index is 237. The molecule has 6 heteroatoms. The molecule has 0 aromatic carbocycles. The van der Waals surface area contributed by atoms with E-state index in [0.29, 0.717) is 18.2 Å². The monoisotopic (exact) mass is 266 g/mol. The maximum absolute atomic E-state index is 11.7. The van der Waals surface area contributed by atoms with Crippen LogP contribution in [-0.4, -0.2) is 47.3 Å². The summed E-state index contributed by atoms with van der Waals surface area (Å²) in [5.74, 6) is 1.26. The van der Waals surface area contributed by atoms with E-state index in [1.165, 1.54) is 18.6 Å². The number of aliphatic hydroxyl groups is 1. The van der Waals surface area contributed by atoms with E-state index >= 15 is 0 Å². The van der Waals surface area contributed by atoms with Crippen molar-refractivity contribution in [2.24, 2.45) is 0 Å². The van der Waals surface area contributed by atoms with Gasteiger partial charge in [-0.05, 0) is 25.0 Å². The van der Waals surface area contributed by atoms with Crippen LogP contribution in [0.25, 0.3) is 0 Å². The highest BCUT2D eigenvalue weighted by Crippen LogP contribution is 2.25. The third kappa shape index (κ3) is 3.80. The van der Waals surface area contributed by atoms with Crippen molar-refractivity contribution in [2.75, 3.05) is 18.8 Å². The van der Waals surface area contributed by atoms with Crippen molar-refractivity contribution in [1.82, 2.24) is 10.6 Å². The topological polar surface area (TPSA) is 61.4 Å². The Morgan fingerprint density at radius 2 is 2.38 bits per heavy atom. The lowest BCUT2D eigenvalue weighted by Gasteiger charge is -2.13. The number of halogens is 1. The van der Waals surface area contributed by atoms with E-state index in [1.54, 1.807) is 0 Å². The molecule has 2 fully saturated rings. The van der Waals surface area contributed by atoms with Gasteiger partial charge in [0.15, 0.2) is 0 Å². The van der Waals surface area contributed by atoms with Gasteiger partial charge in [0.25, 0.3) is 0 Å². The maximum Gasteiger partial charge on any atom is 0.237 e. The Balaban J connectivity index is 0.00000128. The molecule has 0 spiro atoms. The number of nitrogens with one attached hydrogen (secondary N) is 2. The number of rotatable bonds is 3. The van der Waals surface area contributed by atoms with Crippen LogP contribution in [0.3, 0.4) is 0 Å². The number of hydrogen-bond acceptors (Lipinski definition) is 4. The van der Waals surface area contributed by atoms with Crippen LogP contribution >= 0.6 is 24.2 Å². The summed E-state index contributed by atoms with van der Waals surface area (Å²) in [4.78, 5) is 11.7. The second-order valence-corrected chi connectivity index (χ2v) is 5.64. The fourth-order valence-electron chi connectivity index (χ4n) is 2.06. The molecule has 4 nitrogen and oxygen atoms in total. The molecule has 0 aliphatic carbocycles. The molecule has 0 radical (unpaired) electrons. The summed E-state index contributed by atoms with van der Waals surface area (Å²) in [6.07, 6.45) is 2.67. The Kier molecular flexibility index (Phi) is 5.89. The van der Waals surface area contributed by atoms with E-state index in [4.69, 9.17) is 0 Å². The summed E-state index contributed by atoms with van der Waals surface area (Å²) in [6.45, 7) is 1.31. The number of β-amino-alcohol motifs (C(OH)–C–C–N with tert-alkyl or cyclic N) is 1. The number of thioether (sulfide) groups is 1. The second-order valence-electron chi connectivity index (χ2n) is 4.23. The molecule has 2 saturated heterocycles. The molecule has 2 heterocycles. The van der Waals surface area contributed by atoms with Crippen LogP contribution in [-0.2, 0) is 4.79 Å². The Morgan fingerprint density at radius 1 is 1.56 bits per heavy atom. The van der Waals surface area contributed by atoms with Gasteiger partial charge in [0.05, 0.1) is 12.1 Å². The molecule has 2 rings (SSSR count). The Labute approximate surface area is 106 Å². The van der Waals surface area contributed by atoms with E-state index in [9.17, 15) is 9.90 Å². The third-order valence-corrected chi connectivity index (χ3v) is 4.35. The molecule has 1 amide bonds. The lowest BCUT2D eigenvalue weighted by molar-refractivity contribution is -0.122. The van der Waals surface area contributed by atoms with E-state index in [2.05, 4.69) is 10.6 Å². The highest BCUT2D eigenvalue weighted by molar-refractivity contribution is 8.00. The van der Waals surface area contributed by atoms with Crippen molar-refractivity contribution < 1.29 is 9.90 Å². The summed E-state index contributed by atoms with van der Waals surface area (Å²) in [6, 6.07) is -0.189. The summed E-state index contributed by atoms with van der Waals surface area (Å²) >= 11 is 1.94. The largest absolute Gasteiger partial charge is 0.392 e. The smallest absolute Gasteiger partial charge is 0.237 e. The van der Waals surface area contributed by atoms with E-state index in [-0.39, 0.29) is 30.5 Å². The molecule has 0 aromatic rings. The normalized spacial score (nSPS) is 33.4. The molecule has 16 heavy (non-hydrogen) atoms. The van der Waals surface area contributed by atoms with Crippen LogP contribution in [0.5, 0.6) is 0 Å². The standard InChI is InChI=1S/C10H18N2O2S.ClH/c13-7-4-9(11-5-7)10(14)12-6-8-2-1-3-15-8;/h7-9,11,13H,1-6H2,(H,12,14);1H/t7-,8?,9-;/m1./s1. The molecule has 0 saturated carbocycles. The fraction of sp³-hybridized carbons (Fsp3) is 0.900. The fourth-order valence-corrected chi connectivity index (χ4v) is 3.26. The number of amides is 1. The molecule has 94 valence electrons. The Hall–Kier alpha value is 0.0300. The van der Waals surface area contributed by atoms with Gasteiger partial charge < -0.3 is 15.7 Å². The summed E-state index contributed by atoms with van der Waals surface area (Å²) in [5, 5.41) is 15.8. The zero-order valence-corrected chi connectivity index (χ0v) is 10.8. The molecule has 3 N–H and O–H groups in total. The van der Waals surface area contributed by atoms with Crippen LogP contribution < -0.4 is 10.6 Å². The Morgan fingerprint density at radius 3 is 2.94 bits per heavy atom. The van der Waals surface area contributed by atoms with Gasteiger partial charge in [0.2, 0.25) is 5.91 Å². The zero-order valence-electron chi connectivity index (χ0n) is 9.15. The molecule has 0 aromatic heterocycles. The number of carbonyl (C=O) groups excluding carboxylic acids is 1. The van der Waals surface area contributed by atoms with Crippen molar-refractivity contribution in [3.63, 3.8) is 0 Å². The quantitative estimate of drug-likeness (QED) is 0.680. The van der Waals surface area contributed by atoms with Gasteiger partial charge in [-0.1, -0.05) is 0 Å². The summed E-state index contributed by atoms with van der Waals surface area (Å²) in [5.41, 5.74) is 0. The minimum Gasteiger partial charge on any atom is -0.392 e. The molecule has 2 aliphatic heterocycles. The van der Waals surface area contributed by atoms with Crippen molar-refractivity contribution in [2.45, 2.75) is 36.7 Å². The van der Waals surface area contributed by atoms with Gasteiger partial charge in [0.1, 0.15) is 0 Å². The average molecular weight is 267 g/mol. The van der Waals surface area contributed by atoms with Crippen molar-refractivity contribution in [1.29, 1.82) is 0 Å². The van der Waals surface area contributed by atoms with Crippen LogP contribution in [0.4, 0.5) is 0 Å². The summed E-state index contributed by atoms with van der Waals surface area (Å²) in [7, 11) is 0. The van der Waals surface area contributed by atoms with Crippen molar-refractivity contribution >= 4 is 30.1 Å². The maximum atomic E-state index is 11.7. The molecule has 3 atom stereocenters. The molecule has 0 bridgehead atoms. The zero-order chi connectivity index (χ0) is 10.7. The predicted octanol–water partition coefficient (Wildman–Crippen LogP) is 0.143. The van der Waals surface area contributed by atoms with E-state index in [0.717, 1.165) is 6.54 Å². The molecular formula is C10H19ClN2O2S. The lowest BCUT2D eigenvalue weighted by atomic mass is 10.2. The van der Waals surface area contributed by atoms with Gasteiger partial charge in [-0.2, -0.15) is 11.8 Å². The first-order chi connectivity index (χ1) is 7.25. The van der Waals surface area contributed by atoms with Crippen molar-refractivity contribution in [3.05, 3.63) is 0 Å². The van der Waals surface area contributed by atoms with Gasteiger partial charge in [0, 0.05) is 18.3 Å². The highest BCUT2D eigenvalue weighted by Gasteiger charge is 2.28. The van der Waals surface area contributed by atoms with Gasteiger partial charge in [-0.15, -0.1) is 12.4 Å².